The summed E-state index contributed by atoms with van der Waals surface area (Å²) in [5.41, 5.74) is 0. The maximum absolute atomic E-state index is 12.1. The maximum atomic E-state index is 12.1. The summed E-state index contributed by atoms with van der Waals surface area (Å²) in [6.07, 6.45) is 5.67. The lowest BCUT2D eigenvalue weighted by molar-refractivity contribution is -0.117. The Morgan fingerprint density at radius 2 is 2.00 bits per heavy atom. The molecule has 1 N–H and O–H groups in total. The summed E-state index contributed by atoms with van der Waals surface area (Å²) >= 11 is 7.90. The third-order valence-corrected chi connectivity index (χ3v) is 7.17. The lowest BCUT2D eigenvalue weighted by atomic mass is 10.1. The van der Waals surface area contributed by atoms with Gasteiger partial charge in [0.15, 0.2) is 0 Å². The van der Waals surface area contributed by atoms with Crippen molar-refractivity contribution >= 4 is 55.0 Å². The van der Waals surface area contributed by atoms with Crippen LogP contribution in [0.25, 0.3) is 16.2 Å². The first kappa shape index (κ1) is 18.4. The van der Waals surface area contributed by atoms with Gasteiger partial charge in [-0.3, -0.25) is 4.79 Å². The molecule has 25 heavy (non-hydrogen) atoms. The SMILES string of the molecule is CS(=O)(=O)N1CCC(NC(=O)/C=C/c2sc3ccccc3c2Cl)CC1. The summed E-state index contributed by atoms with van der Waals surface area (Å²) in [6.45, 7) is 0.880. The van der Waals surface area contributed by atoms with Gasteiger partial charge in [0, 0.05) is 40.2 Å². The summed E-state index contributed by atoms with van der Waals surface area (Å²) < 4.78 is 25.5. The first-order chi connectivity index (χ1) is 11.8. The molecule has 0 unspecified atom stereocenters. The van der Waals surface area contributed by atoms with Crippen LogP contribution in [-0.4, -0.2) is 44.0 Å². The van der Waals surface area contributed by atoms with Crippen molar-refractivity contribution in [1.29, 1.82) is 0 Å². The number of benzene rings is 1. The third kappa shape index (κ3) is 4.41. The van der Waals surface area contributed by atoms with E-state index in [1.54, 1.807) is 17.4 Å². The van der Waals surface area contributed by atoms with E-state index in [0.29, 0.717) is 31.0 Å². The summed E-state index contributed by atoms with van der Waals surface area (Å²) in [5, 5.41) is 4.58. The average Bonchev–Trinajstić information content (AvgIpc) is 2.89. The molecule has 0 atom stereocenters. The van der Waals surface area contributed by atoms with Gasteiger partial charge in [-0.2, -0.15) is 0 Å². The molecule has 1 aromatic carbocycles. The molecule has 0 bridgehead atoms. The number of nitrogens with one attached hydrogen (secondary N) is 1. The zero-order valence-corrected chi connectivity index (χ0v) is 16.1. The highest BCUT2D eigenvalue weighted by Crippen LogP contribution is 2.35. The van der Waals surface area contributed by atoms with Gasteiger partial charge >= 0.3 is 0 Å². The molecule has 1 amide bonds. The largest absolute Gasteiger partial charge is 0.350 e. The van der Waals surface area contributed by atoms with E-state index >= 15 is 0 Å². The van der Waals surface area contributed by atoms with Crippen LogP contribution in [0.5, 0.6) is 0 Å². The fraction of sp³-hybridized carbons (Fsp3) is 0.353. The molecule has 1 aromatic heterocycles. The number of hydrogen-bond acceptors (Lipinski definition) is 4. The Balaban J connectivity index is 1.59. The van der Waals surface area contributed by atoms with E-state index in [0.717, 1.165) is 15.0 Å². The van der Waals surface area contributed by atoms with Crippen molar-refractivity contribution in [2.75, 3.05) is 19.3 Å². The second-order valence-corrected chi connectivity index (χ2v) is 9.50. The number of rotatable bonds is 4. The molecule has 134 valence electrons. The van der Waals surface area contributed by atoms with Crippen LogP contribution in [0.15, 0.2) is 30.3 Å². The lowest BCUT2D eigenvalue weighted by Crippen LogP contribution is -2.45. The Kier molecular flexibility index (Phi) is 5.48. The summed E-state index contributed by atoms with van der Waals surface area (Å²) in [4.78, 5) is 13.0. The van der Waals surface area contributed by atoms with Gasteiger partial charge in [-0.25, -0.2) is 12.7 Å². The maximum Gasteiger partial charge on any atom is 0.244 e. The molecule has 8 heteroatoms. The normalized spacial score (nSPS) is 17.4. The molecule has 3 rings (SSSR count). The molecule has 1 saturated heterocycles. The van der Waals surface area contributed by atoms with Crippen LogP contribution in [0.3, 0.4) is 0 Å². The van der Waals surface area contributed by atoms with Crippen LogP contribution >= 0.6 is 22.9 Å². The zero-order chi connectivity index (χ0) is 18.0. The quantitative estimate of drug-likeness (QED) is 0.804. The summed E-state index contributed by atoms with van der Waals surface area (Å²) in [6, 6.07) is 7.84. The number of piperidine rings is 1. The Morgan fingerprint density at radius 1 is 1.32 bits per heavy atom. The molecular formula is C17H19ClN2O3S2. The van der Waals surface area contributed by atoms with Crippen molar-refractivity contribution < 1.29 is 13.2 Å². The minimum Gasteiger partial charge on any atom is -0.350 e. The number of amides is 1. The molecule has 2 heterocycles. The van der Waals surface area contributed by atoms with Crippen molar-refractivity contribution in [3.8, 4) is 0 Å². The topological polar surface area (TPSA) is 66.5 Å². The van der Waals surface area contributed by atoms with E-state index in [-0.39, 0.29) is 11.9 Å². The minimum absolute atomic E-state index is 0.00645. The van der Waals surface area contributed by atoms with E-state index in [9.17, 15) is 13.2 Å². The monoisotopic (exact) mass is 398 g/mol. The van der Waals surface area contributed by atoms with Crippen LogP contribution < -0.4 is 5.32 Å². The standard InChI is InChI=1S/C17H19ClN2O3S2/c1-25(22,23)20-10-8-12(9-11-20)19-16(21)7-6-15-17(18)13-4-2-3-5-14(13)24-15/h2-7,12H,8-11H2,1H3,(H,19,21)/b7-6+. The first-order valence-corrected chi connectivity index (χ1v) is 11.0. The Bertz CT molecular complexity index is 913. The number of halogens is 1. The number of hydrogen-bond donors (Lipinski definition) is 1. The average molecular weight is 399 g/mol. The molecule has 2 aromatic rings. The molecule has 1 aliphatic rings. The molecule has 0 spiro atoms. The minimum atomic E-state index is -3.15. The number of carbonyl (C=O) groups is 1. The Hall–Kier alpha value is -1.41. The van der Waals surface area contributed by atoms with E-state index in [1.807, 2.05) is 24.3 Å². The van der Waals surface area contributed by atoms with Crippen molar-refractivity contribution in [2.24, 2.45) is 0 Å². The van der Waals surface area contributed by atoms with Crippen LogP contribution in [0.1, 0.15) is 17.7 Å². The van der Waals surface area contributed by atoms with Gasteiger partial charge in [0.05, 0.1) is 11.3 Å². The summed E-state index contributed by atoms with van der Waals surface area (Å²) in [5.74, 6) is -0.189. The van der Waals surface area contributed by atoms with Gasteiger partial charge in [-0.1, -0.05) is 29.8 Å². The van der Waals surface area contributed by atoms with Gasteiger partial charge in [-0.05, 0) is 25.0 Å². The second kappa shape index (κ2) is 7.45. The highest BCUT2D eigenvalue weighted by molar-refractivity contribution is 7.88. The fourth-order valence-corrected chi connectivity index (χ4v) is 5.15. The Labute approximate surface area is 156 Å². The molecular weight excluding hydrogens is 380 g/mol. The molecule has 0 radical (unpaired) electrons. The van der Waals surface area contributed by atoms with Gasteiger partial charge in [-0.15, -0.1) is 11.3 Å². The van der Waals surface area contributed by atoms with Crippen LogP contribution in [0.4, 0.5) is 0 Å². The van der Waals surface area contributed by atoms with Crippen molar-refractivity contribution in [3.05, 3.63) is 40.2 Å². The van der Waals surface area contributed by atoms with E-state index in [1.165, 1.54) is 16.6 Å². The fourth-order valence-electron chi connectivity index (χ4n) is 2.87. The van der Waals surface area contributed by atoms with Crippen LogP contribution in [0, 0.1) is 0 Å². The predicted molar refractivity (Wildman–Crippen MR) is 103 cm³/mol. The number of sulfonamides is 1. The van der Waals surface area contributed by atoms with Crippen LogP contribution in [0.2, 0.25) is 5.02 Å². The second-order valence-electron chi connectivity index (χ2n) is 6.05. The third-order valence-electron chi connectivity index (χ3n) is 4.22. The highest BCUT2D eigenvalue weighted by atomic mass is 35.5. The zero-order valence-electron chi connectivity index (χ0n) is 13.7. The van der Waals surface area contributed by atoms with E-state index in [2.05, 4.69) is 5.32 Å². The predicted octanol–water partition coefficient (Wildman–Crippen LogP) is 3.11. The van der Waals surface area contributed by atoms with E-state index in [4.69, 9.17) is 11.6 Å². The lowest BCUT2D eigenvalue weighted by Gasteiger charge is -2.30. The number of thiophene rings is 1. The summed E-state index contributed by atoms with van der Waals surface area (Å²) in [7, 11) is -3.15. The van der Waals surface area contributed by atoms with Gasteiger partial charge in [0.25, 0.3) is 0 Å². The van der Waals surface area contributed by atoms with Gasteiger partial charge < -0.3 is 5.32 Å². The van der Waals surface area contributed by atoms with Crippen LogP contribution in [-0.2, 0) is 14.8 Å². The van der Waals surface area contributed by atoms with Crippen molar-refractivity contribution in [1.82, 2.24) is 9.62 Å². The molecule has 5 nitrogen and oxygen atoms in total. The van der Waals surface area contributed by atoms with Gasteiger partial charge in [0.2, 0.25) is 15.9 Å². The molecule has 0 aliphatic carbocycles. The first-order valence-electron chi connectivity index (χ1n) is 7.95. The Morgan fingerprint density at radius 3 is 2.64 bits per heavy atom. The number of fused-ring (bicyclic) bond motifs is 1. The highest BCUT2D eigenvalue weighted by Gasteiger charge is 2.25. The smallest absolute Gasteiger partial charge is 0.244 e. The molecule has 1 fully saturated rings. The van der Waals surface area contributed by atoms with Gasteiger partial charge in [0.1, 0.15) is 0 Å². The molecule has 1 aliphatic heterocycles. The molecule has 0 saturated carbocycles. The number of nitrogens with zero attached hydrogens (tertiary/aromatic N) is 1. The van der Waals surface area contributed by atoms with Crippen molar-refractivity contribution in [2.45, 2.75) is 18.9 Å². The van der Waals surface area contributed by atoms with E-state index < -0.39 is 10.0 Å². The van der Waals surface area contributed by atoms with Crippen molar-refractivity contribution in [3.63, 3.8) is 0 Å². The number of carbonyl (C=O) groups excluding carboxylic acids is 1.